The summed E-state index contributed by atoms with van der Waals surface area (Å²) in [4.78, 5) is 29.4. The number of ketones is 1. The molecule has 1 aromatic carbocycles. The summed E-state index contributed by atoms with van der Waals surface area (Å²) in [5, 5.41) is 10.9. The summed E-state index contributed by atoms with van der Waals surface area (Å²) in [6, 6.07) is 11.9. The first-order valence-corrected chi connectivity index (χ1v) is 12.6. The molecule has 0 unspecified atom stereocenters. The molecule has 3 aliphatic rings. The van der Waals surface area contributed by atoms with Crippen molar-refractivity contribution in [3.8, 4) is 6.07 Å². The number of fused-ring (bicyclic) bond motifs is 1. The van der Waals surface area contributed by atoms with E-state index in [0.717, 1.165) is 48.9 Å². The zero-order valence-corrected chi connectivity index (χ0v) is 20.0. The van der Waals surface area contributed by atoms with Crippen LogP contribution in [0, 0.1) is 11.3 Å². The second kappa shape index (κ2) is 9.11. The largest absolute Gasteiger partial charge is 0.465 e. The SMILES string of the molecule is COC(=O)c1c(N2C(N)=C(C#N)[C@@H](c3ccccc3)C3=C2CCCC3=O)sc2c1CCCCC2. The van der Waals surface area contributed by atoms with Gasteiger partial charge in [-0.3, -0.25) is 9.69 Å². The summed E-state index contributed by atoms with van der Waals surface area (Å²) in [6.07, 6.45) is 6.76. The first kappa shape index (κ1) is 22.4. The van der Waals surface area contributed by atoms with Gasteiger partial charge in [0.1, 0.15) is 10.8 Å². The maximum absolute atomic E-state index is 13.3. The van der Waals surface area contributed by atoms with E-state index in [2.05, 4.69) is 6.07 Å². The molecule has 2 N–H and O–H groups in total. The Bertz CT molecular complexity index is 1270. The van der Waals surface area contributed by atoms with E-state index >= 15 is 0 Å². The molecule has 0 saturated carbocycles. The maximum Gasteiger partial charge on any atom is 0.341 e. The van der Waals surface area contributed by atoms with Crippen LogP contribution in [0.1, 0.15) is 70.8 Å². The minimum absolute atomic E-state index is 0.0399. The summed E-state index contributed by atoms with van der Waals surface area (Å²) in [5.41, 5.74) is 11.0. The normalized spacial score (nSPS) is 20.4. The quantitative estimate of drug-likeness (QED) is 0.492. The van der Waals surface area contributed by atoms with Gasteiger partial charge in [-0.15, -0.1) is 11.3 Å². The molecule has 174 valence electrons. The number of carbonyl (C=O) groups is 2. The molecule has 1 aliphatic heterocycles. The lowest BCUT2D eigenvalue weighted by Crippen LogP contribution is -2.39. The van der Waals surface area contributed by atoms with Crippen LogP contribution < -0.4 is 10.6 Å². The van der Waals surface area contributed by atoms with Gasteiger partial charge in [0.05, 0.1) is 30.2 Å². The number of allylic oxidation sites excluding steroid dienone is 3. The number of esters is 1. The number of nitrogens with two attached hydrogens (primary N) is 1. The third-order valence-electron chi connectivity index (χ3n) is 7.04. The van der Waals surface area contributed by atoms with Crippen LogP contribution in [-0.2, 0) is 22.4 Å². The number of Topliss-reactive ketones (excluding diaryl/α,β-unsaturated/α-hetero) is 1. The molecule has 2 heterocycles. The van der Waals surface area contributed by atoms with Crippen LogP contribution in [0.3, 0.4) is 0 Å². The molecule has 1 aromatic heterocycles. The van der Waals surface area contributed by atoms with Crippen molar-refractivity contribution in [1.29, 1.82) is 5.26 Å². The molecule has 0 radical (unpaired) electrons. The Morgan fingerprint density at radius 1 is 1.12 bits per heavy atom. The highest BCUT2D eigenvalue weighted by Gasteiger charge is 2.42. The molecule has 0 amide bonds. The van der Waals surface area contributed by atoms with Crippen LogP contribution in [0.2, 0.25) is 0 Å². The highest BCUT2D eigenvalue weighted by atomic mass is 32.1. The van der Waals surface area contributed by atoms with Crippen molar-refractivity contribution < 1.29 is 14.3 Å². The average Bonchev–Trinajstić information content (AvgIpc) is 3.04. The Balaban J connectivity index is 1.77. The third kappa shape index (κ3) is 3.54. The van der Waals surface area contributed by atoms with Crippen molar-refractivity contribution in [2.24, 2.45) is 5.73 Å². The molecule has 1 atom stereocenters. The Labute approximate surface area is 203 Å². The fraction of sp³-hybridized carbons (Fsp3) is 0.370. The van der Waals surface area contributed by atoms with Crippen molar-refractivity contribution in [2.45, 2.75) is 57.3 Å². The van der Waals surface area contributed by atoms with Crippen LogP contribution in [-0.4, -0.2) is 18.9 Å². The number of anilines is 1. The third-order valence-corrected chi connectivity index (χ3v) is 8.32. The van der Waals surface area contributed by atoms with E-state index < -0.39 is 11.9 Å². The smallest absolute Gasteiger partial charge is 0.341 e. The van der Waals surface area contributed by atoms with Crippen LogP contribution in [0.5, 0.6) is 0 Å². The minimum atomic E-state index is -0.496. The predicted octanol–water partition coefficient (Wildman–Crippen LogP) is 5.11. The number of nitrogens with zero attached hydrogens (tertiary/aromatic N) is 2. The summed E-state index contributed by atoms with van der Waals surface area (Å²) in [7, 11) is 1.39. The molecule has 0 spiro atoms. The van der Waals surface area contributed by atoms with Crippen molar-refractivity contribution in [3.05, 3.63) is 74.6 Å². The zero-order chi connectivity index (χ0) is 23.8. The lowest BCUT2D eigenvalue weighted by atomic mass is 9.75. The monoisotopic (exact) mass is 473 g/mol. The van der Waals surface area contributed by atoms with Gasteiger partial charge < -0.3 is 10.5 Å². The van der Waals surface area contributed by atoms with Crippen LogP contribution in [0.25, 0.3) is 0 Å². The van der Waals surface area contributed by atoms with Gasteiger partial charge in [0.25, 0.3) is 0 Å². The molecule has 34 heavy (non-hydrogen) atoms. The van der Waals surface area contributed by atoms with Crippen molar-refractivity contribution in [3.63, 3.8) is 0 Å². The van der Waals surface area contributed by atoms with E-state index in [1.165, 1.54) is 12.0 Å². The van der Waals surface area contributed by atoms with E-state index in [4.69, 9.17) is 10.5 Å². The lowest BCUT2D eigenvalue weighted by Gasteiger charge is -2.39. The van der Waals surface area contributed by atoms with E-state index in [9.17, 15) is 14.9 Å². The Kier molecular flexibility index (Phi) is 6.01. The van der Waals surface area contributed by atoms with E-state index in [-0.39, 0.29) is 5.78 Å². The van der Waals surface area contributed by atoms with Crippen molar-refractivity contribution in [1.82, 2.24) is 0 Å². The number of rotatable bonds is 3. The second-order valence-electron chi connectivity index (χ2n) is 8.96. The van der Waals surface area contributed by atoms with Gasteiger partial charge in [0.2, 0.25) is 0 Å². The van der Waals surface area contributed by atoms with E-state index in [1.54, 1.807) is 11.3 Å². The highest BCUT2D eigenvalue weighted by Crippen LogP contribution is 2.50. The van der Waals surface area contributed by atoms with Gasteiger partial charge >= 0.3 is 5.97 Å². The Morgan fingerprint density at radius 2 is 1.88 bits per heavy atom. The summed E-state index contributed by atoms with van der Waals surface area (Å²) >= 11 is 1.55. The van der Waals surface area contributed by atoms with Gasteiger partial charge in [-0.25, -0.2) is 4.79 Å². The highest BCUT2D eigenvalue weighted by molar-refractivity contribution is 7.16. The lowest BCUT2D eigenvalue weighted by molar-refractivity contribution is -0.116. The first-order chi connectivity index (χ1) is 16.6. The number of ether oxygens (including phenoxy) is 1. The number of hydrogen-bond donors (Lipinski definition) is 1. The molecule has 5 rings (SSSR count). The number of benzene rings is 1. The van der Waals surface area contributed by atoms with Gasteiger partial charge in [0.15, 0.2) is 5.78 Å². The predicted molar refractivity (Wildman–Crippen MR) is 131 cm³/mol. The second-order valence-corrected chi connectivity index (χ2v) is 10.0. The van der Waals surface area contributed by atoms with Gasteiger partial charge in [-0.2, -0.15) is 5.26 Å². The number of carbonyl (C=O) groups excluding carboxylic acids is 2. The Hall–Kier alpha value is -3.37. The van der Waals surface area contributed by atoms with Crippen LogP contribution in [0.4, 0.5) is 5.00 Å². The average molecular weight is 474 g/mol. The molecule has 0 bridgehead atoms. The molecule has 0 fully saturated rings. The summed E-state index contributed by atoms with van der Waals surface area (Å²) in [6.45, 7) is 0. The van der Waals surface area contributed by atoms with Crippen molar-refractivity contribution >= 4 is 28.1 Å². The number of nitriles is 1. The minimum Gasteiger partial charge on any atom is -0.465 e. The van der Waals surface area contributed by atoms with Gasteiger partial charge in [-0.05, 0) is 49.7 Å². The zero-order valence-electron chi connectivity index (χ0n) is 19.2. The first-order valence-electron chi connectivity index (χ1n) is 11.8. The standard InChI is InChI=1S/C27H27N3O3S/c1-33-27(32)23-17-11-6-3-7-14-21(17)34-26(23)30-19-12-8-13-20(31)24(19)22(18(15-28)25(30)29)16-9-4-2-5-10-16/h2,4-5,9-10,22H,3,6-8,11-14,29H2,1H3/t22-/m1/s1. The molecule has 6 nitrogen and oxygen atoms in total. The maximum atomic E-state index is 13.3. The number of aryl methyl sites for hydroxylation is 1. The number of hydrogen-bond acceptors (Lipinski definition) is 7. The fourth-order valence-corrected chi connectivity index (χ4v) is 6.91. The summed E-state index contributed by atoms with van der Waals surface area (Å²) < 4.78 is 5.21. The van der Waals surface area contributed by atoms with Crippen LogP contribution >= 0.6 is 11.3 Å². The van der Waals surface area contributed by atoms with E-state index in [0.29, 0.717) is 46.8 Å². The van der Waals surface area contributed by atoms with Gasteiger partial charge in [-0.1, -0.05) is 36.8 Å². The van der Waals surface area contributed by atoms with Gasteiger partial charge in [0, 0.05) is 22.6 Å². The van der Waals surface area contributed by atoms with Crippen molar-refractivity contribution in [2.75, 3.05) is 12.0 Å². The fourth-order valence-electron chi connectivity index (χ4n) is 5.50. The molecule has 2 aliphatic carbocycles. The molecule has 0 saturated heterocycles. The van der Waals surface area contributed by atoms with E-state index in [1.807, 2.05) is 35.2 Å². The number of thiophene rings is 1. The number of methoxy groups -OCH3 is 1. The topological polar surface area (TPSA) is 96.4 Å². The molecular formula is C27H27N3O3S. The molecule has 7 heteroatoms. The van der Waals surface area contributed by atoms with Crippen LogP contribution in [0.15, 0.2) is 53.0 Å². The molecule has 2 aromatic rings. The Morgan fingerprint density at radius 3 is 2.62 bits per heavy atom. The molecular weight excluding hydrogens is 446 g/mol. The summed E-state index contributed by atoms with van der Waals surface area (Å²) in [5.74, 6) is -0.552.